The predicted octanol–water partition coefficient (Wildman–Crippen LogP) is -1.21. The van der Waals surface area contributed by atoms with Crippen LogP contribution in [0.4, 0.5) is 0 Å². The summed E-state index contributed by atoms with van der Waals surface area (Å²) in [4.78, 5) is 24.6. The van der Waals surface area contributed by atoms with Gasteiger partial charge in [-0.3, -0.25) is 14.9 Å². The summed E-state index contributed by atoms with van der Waals surface area (Å²) in [6.07, 6.45) is 1.14. The summed E-state index contributed by atoms with van der Waals surface area (Å²) >= 11 is 0. The molecule has 1 fully saturated rings. The van der Waals surface area contributed by atoms with Crippen LogP contribution >= 0.6 is 0 Å². The Kier molecular flexibility index (Phi) is 6.11. The molecule has 1 aliphatic rings. The summed E-state index contributed by atoms with van der Waals surface area (Å²) in [7, 11) is -3.22. The normalized spacial score (nSPS) is 18.8. The number of nitrogens with zero attached hydrogens (tertiary/aromatic N) is 2. The monoisotopic (exact) mass is 321 g/mol. The predicted molar refractivity (Wildman–Crippen MR) is 77.3 cm³/mol. The Morgan fingerprint density at radius 2 is 1.71 bits per heavy atom. The van der Waals surface area contributed by atoms with Gasteiger partial charge in [-0.25, -0.2) is 8.42 Å². The van der Waals surface area contributed by atoms with Crippen LogP contribution < -0.4 is 5.32 Å². The number of sulfonamides is 1. The highest BCUT2D eigenvalue weighted by molar-refractivity contribution is 7.88. The number of carbonyl (C=O) groups excluding carboxylic acids is 1. The minimum absolute atomic E-state index is 0.0615. The van der Waals surface area contributed by atoms with Gasteiger partial charge in [-0.05, 0) is 5.92 Å². The molecule has 0 aliphatic carbocycles. The molecule has 1 rings (SSSR count). The molecule has 1 saturated heterocycles. The van der Waals surface area contributed by atoms with Gasteiger partial charge in [0, 0.05) is 26.2 Å². The summed E-state index contributed by atoms with van der Waals surface area (Å²) < 4.78 is 24.1. The first-order valence-electron chi connectivity index (χ1n) is 6.82. The fourth-order valence-electron chi connectivity index (χ4n) is 2.19. The number of carbonyl (C=O) groups is 2. The standard InChI is InChI=1S/C12H23N3O5S/c1-9(2)11(12(17)18)13-8-10(16)14-4-6-15(7-5-14)21(3,19)20/h9,11,13H,4-8H2,1-3H3,(H,17,18). The Hall–Kier alpha value is -1.19. The second kappa shape index (κ2) is 7.19. The summed E-state index contributed by atoms with van der Waals surface area (Å²) in [6.45, 7) is 4.67. The van der Waals surface area contributed by atoms with Crippen molar-refractivity contribution < 1.29 is 23.1 Å². The molecule has 1 heterocycles. The lowest BCUT2D eigenvalue weighted by molar-refractivity contribution is -0.141. The number of rotatable bonds is 6. The van der Waals surface area contributed by atoms with E-state index in [9.17, 15) is 18.0 Å². The van der Waals surface area contributed by atoms with E-state index < -0.39 is 22.0 Å². The van der Waals surface area contributed by atoms with E-state index in [1.165, 1.54) is 4.31 Å². The highest BCUT2D eigenvalue weighted by atomic mass is 32.2. The molecule has 21 heavy (non-hydrogen) atoms. The second-order valence-electron chi connectivity index (χ2n) is 5.48. The third-order valence-electron chi connectivity index (χ3n) is 3.47. The topological polar surface area (TPSA) is 107 Å². The molecule has 0 aromatic carbocycles. The molecule has 1 atom stereocenters. The highest BCUT2D eigenvalue weighted by Crippen LogP contribution is 2.06. The van der Waals surface area contributed by atoms with Crippen LogP contribution in [-0.4, -0.2) is 79.6 Å². The van der Waals surface area contributed by atoms with Gasteiger partial charge in [0.15, 0.2) is 0 Å². The van der Waals surface area contributed by atoms with E-state index in [0.29, 0.717) is 13.1 Å². The molecule has 0 spiro atoms. The number of carboxylic acid groups (broad SMARTS) is 1. The van der Waals surface area contributed by atoms with Crippen LogP contribution in [0.1, 0.15) is 13.8 Å². The number of nitrogens with one attached hydrogen (secondary N) is 1. The average molecular weight is 321 g/mol. The van der Waals surface area contributed by atoms with Crippen molar-refractivity contribution in [3.63, 3.8) is 0 Å². The second-order valence-corrected chi connectivity index (χ2v) is 7.47. The van der Waals surface area contributed by atoms with E-state index in [4.69, 9.17) is 5.11 Å². The highest BCUT2D eigenvalue weighted by Gasteiger charge is 2.27. The van der Waals surface area contributed by atoms with Crippen LogP contribution in [0.3, 0.4) is 0 Å². The fraction of sp³-hybridized carbons (Fsp3) is 0.833. The van der Waals surface area contributed by atoms with E-state index in [0.717, 1.165) is 6.26 Å². The molecule has 0 aromatic rings. The van der Waals surface area contributed by atoms with Crippen LogP contribution in [0.25, 0.3) is 0 Å². The maximum absolute atomic E-state index is 12.0. The zero-order valence-corrected chi connectivity index (χ0v) is 13.4. The van der Waals surface area contributed by atoms with Gasteiger partial charge in [0.25, 0.3) is 0 Å². The summed E-state index contributed by atoms with van der Waals surface area (Å²) in [5.74, 6) is -1.33. The first-order chi connectivity index (χ1) is 9.62. The van der Waals surface area contributed by atoms with Crippen LogP contribution in [-0.2, 0) is 19.6 Å². The summed E-state index contributed by atoms with van der Waals surface area (Å²) in [5.41, 5.74) is 0. The van der Waals surface area contributed by atoms with E-state index >= 15 is 0 Å². The van der Waals surface area contributed by atoms with Gasteiger partial charge < -0.3 is 10.0 Å². The van der Waals surface area contributed by atoms with Gasteiger partial charge in [-0.2, -0.15) is 4.31 Å². The van der Waals surface area contributed by atoms with E-state index in [1.54, 1.807) is 18.7 Å². The number of aliphatic carboxylic acids is 1. The molecule has 0 radical (unpaired) electrons. The van der Waals surface area contributed by atoms with Crippen molar-refractivity contribution in [3.05, 3.63) is 0 Å². The molecule has 8 nitrogen and oxygen atoms in total. The van der Waals surface area contributed by atoms with Gasteiger partial charge in [0.1, 0.15) is 6.04 Å². The number of hydrogen-bond acceptors (Lipinski definition) is 5. The lowest BCUT2D eigenvalue weighted by atomic mass is 10.1. The van der Waals surface area contributed by atoms with Crippen molar-refractivity contribution in [1.82, 2.24) is 14.5 Å². The van der Waals surface area contributed by atoms with E-state index in [-0.39, 0.29) is 31.5 Å². The molecule has 0 saturated carbocycles. The van der Waals surface area contributed by atoms with Crippen molar-refractivity contribution in [2.24, 2.45) is 5.92 Å². The third-order valence-corrected chi connectivity index (χ3v) is 4.77. The molecule has 0 bridgehead atoms. The molecule has 122 valence electrons. The first kappa shape index (κ1) is 17.9. The smallest absolute Gasteiger partial charge is 0.320 e. The quantitative estimate of drug-likeness (QED) is 0.636. The number of hydrogen-bond donors (Lipinski definition) is 2. The van der Waals surface area contributed by atoms with Crippen LogP contribution in [0.5, 0.6) is 0 Å². The largest absolute Gasteiger partial charge is 0.480 e. The molecule has 1 amide bonds. The number of amides is 1. The SMILES string of the molecule is CC(C)C(NCC(=O)N1CCN(S(C)(=O)=O)CC1)C(=O)O. The Bertz CT molecular complexity index is 483. The molecule has 1 unspecified atom stereocenters. The zero-order valence-electron chi connectivity index (χ0n) is 12.6. The Morgan fingerprint density at radius 3 is 2.10 bits per heavy atom. The number of piperazine rings is 1. The Balaban J connectivity index is 2.46. The van der Waals surface area contributed by atoms with Gasteiger partial charge >= 0.3 is 5.97 Å². The van der Waals surface area contributed by atoms with Crippen LogP contribution in [0.2, 0.25) is 0 Å². The van der Waals surface area contributed by atoms with Crippen molar-refractivity contribution in [3.8, 4) is 0 Å². The van der Waals surface area contributed by atoms with Crippen molar-refractivity contribution >= 4 is 21.9 Å². The lowest BCUT2D eigenvalue weighted by Crippen LogP contribution is -2.53. The molecule has 0 aromatic heterocycles. The molecule has 9 heteroatoms. The van der Waals surface area contributed by atoms with Crippen LogP contribution in [0, 0.1) is 5.92 Å². The first-order valence-corrected chi connectivity index (χ1v) is 8.67. The molecular weight excluding hydrogens is 298 g/mol. The third kappa shape index (κ3) is 5.25. The summed E-state index contributed by atoms with van der Waals surface area (Å²) in [5, 5.41) is 11.8. The van der Waals surface area contributed by atoms with Crippen molar-refractivity contribution in [1.29, 1.82) is 0 Å². The van der Waals surface area contributed by atoms with Gasteiger partial charge in [-0.1, -0.05) is 13.8 Å². The minimum atomic E-state index is -3.22. The van der Waals surface area contributed by atoms with Gasteiger partial charge in [0.05, 0.1) is 12.8 Å². The lowest BCUT2D eigenvalue weighted by Gasteiger charge is -2.33. The summed E-state index contributed by atoms with van der Waals surface area (Å²) in [6, 6.07) is -0.772. The van der Waals surface area contributed by atoms with Gasteiger partial charge in [0.2, 0.25) is 15.9 Å². The van der Waals surface area contributed by atoms with Crippen LogP contribution in [0.15, 0.2) is 0 Å². The zero-order chi connectivity index (χ0) is 16.2. The fourth-order valence-corrected chi connectivity index (χ4v) is 3.01. The maximum Gasteiger partial charge on any atom is 0.320 e. The van der Waals surface area contributed by atoms with Gasteiger partial charge in [-0.15, -0.1) is 0 Å². The van der Waals surface area contributed by atoms with Crippen molar-refractivity contribution in [2.45, 2.75) is 19.9 Å². The molecule has 1 aliphatic heterocycles. The molecular formula is C12H23N3O5S. The van der Waals surface area contributed by atoms with E-state index in [1.807, 2.05) is 0 Å². The molecule has 2 N–H and O–H groups in total. The maximum atomic E-state index is 12.0. The minimum Gasteiger partial charge on any atom is -0.480 e. The average Bonchev–Trinajstić information content (AvgIpc) is 2.37. The van der Waals surface area contributed by atoms with E-state index in [2.05, 4.69) is 5.32 Å². The Labute approximate surface area is 125 Å². The number of carboxylic acids is 1. The Morgan fingerprint density at radius 1 is 1.19 bits per heavy atom. The van der Waals surface area contributed by atoms with Crippen molar-refractivity contribution in [2.75, 3.05) is 39.0 Å².